The van der Waals surface area contributed by atoms with Crippen molar-refractivity contribution in [3.05, 3.63) is 57.6 Å². The quantitative estimate of drug-likeness (QED) is 0.533. The summed E-state index contributed by atoms with van der Waals surface area (Å²) in [5.41, 5.74) is 7.48. The molecule has 0 radical (unpaired) electrons. The minimum atomic E-state index is -0.222. The molecule has 0 aliphatic rings. The van der Waals surface area contributed by atoms with E-state index in [9.17, 15) is 9.59 Å². The van der Waals surface area contributed by atoms with E-state index in [4.69, 9.17) is 28.9 Å². The number of nitrogens with two attached hydrogens (primary N) is 1. The third kappa shape index (κ3) is 3.17. The van der Waals surface area contributed by atoms with Gasteiger partial charge in [-0.2, -0.15) is 0 Å². The molecule has 1 amide bonds. The highest BCUT2D eigenvalue weighted by atomic mass is 35.5. The fraction of sp³-hybridized carbons (Fsp3) is 0.0667. The van der Waals surface area contributed by atoms with E-state index in [1.807, 2.05) is 0 Å². The van der Waals surface area contributed by atoms with E-state index < -0.39 is 0 Å². The van der Waals surface area contributed by atoms with E-state index >= 15 is 0 Å². The van der Waals surface area contributed by atoms with Crippen LogP contribution in [0.25, 0.3) is 0 Å². The molecule has 0 saturated carbocycles. The van der Waals surface area contributed by atoms with Gasteiger partial charge in [0.05, 0.1) is 15.7 Å². The zero-order valence-corrected chi connectivity index (χ0v) is 12.7. The maximum Gasteiger partial charge on any atom is 0.213 e. The van der Waals surface area contributed by atoms with Gasteiger partial charge in [0.1, 0.15) is 0 Å². The molecule has 0 saturated heterocycles. The molecule has 2 rings (SSSR count). The molecule has 0 aliphatic heterocycles. The van der Waals surface area contributed by atoms with E-state index in [0.29, 0.717) is 23.2 Å². The van der Waals surface area contributed by atoms with Crippen molar-refractivity contribution in [2.24, 2.45) is 0 Å². The first kappa shape index (κ1) is 15.4. The summed E-state index contributed by atoms with van der Waals surface area (Å²) in [5, 5.41) is 0.466. The lowest BCUT2D eigenvalue weighted by atomic mass is 10.0. The Hall–Kier alpha value is -2.04. The number of nitrogen functional groups attached to an aromatic ring is 1. The first-order valence-electron chi connectivity index (χ1n) is 6.01. The van der Waals surface area contributed by atoms with Gasteiger partial charge in [-0.3, -0.25) is 9.59 Å². The number of hydrogen-bond acceptors (Lipinski definition) is 3. The average Bonchev–Trinajstić information content (AvgIpc) is 2.50. The number of rotatable bonds is 4. The van der Waals surface area contributed by atoms with Gasteiger partial charge in [-0.15, -0.1) is 0 Å². The van der Waals surface area contributed by atoms with E-state index in [0.717, 1.165) is 0 Å². The second-order valence-electron chi connectivity index (χ2n) is 4.45. The van der Waals surface area contributed by atoms with E-state index in [2.05, 4.69) is 0 Å². The molecule has 0 aromatic heterocycles. The lowest BCUT2D eigenvalue weighted by Gasteiger charge is -2.11. The van der Waals surface area contributed by atoms with E-state index in [1.54, 1.807) is 31.3 Å². The maximum atomic E-state index is 12.4. The molecular weight excluding hydrogens is 311 g/mol. The van der Waals surface area contributed by atoms with Gasteiger partial charge in [0.2, 0.25) is 6.41 Å². The van der Waals surface area contributed by atoms with Gasteiger partial charge in [-0.25, -0.2) is 0 Å². The van der Waals surface area contributed by atoms with Crippen LogP contribution in [0, 0.1) is 0 Å². The van der Waals surface area contributed by atoms with Crippen molar-refractivity contribution >= 4 is 46.8 Å². The number of nitrogens with zero attached hydrogens (tertiary/aromatic N) is 1. The molecule has 0 atom stereocenters. The Bertz CT molecular complexity index is 676. The predicted octanol–water partition coefficient (Wildman–Crippen LogP) is 3.40. The van der Waals surface area contributed by atoms with Crippen molar-refractivity contribution in [1.29, 1.82) is 0 Å². The normalized spacial score (nSPS) is 10.2. The average molecular weight is 323 g/mol. The maximum absolute atomic E-state index is 12.4. The lowest BCUT2D eigenvalue weighted by Crippen LogP contribution is -2.13. The smallest absolute Gasteiger partial charge is 0.213 e. The van der Waals surface area contributed by atoms with Crippen LogP contribution in [0.3, 0.4) is 0 Å². The van der Waals surface area contributed by atoms with Crippen LogP contribution in [-0.2, 0) is 4.79 Å². The summed E-state index contributed by atoms with van der Waals surface area (Å²) in [7, 11) is 1.63. The molecule has 21 heavy (non-hydrogen) atoms. The SMILES string of the molecule is CN(C=O)c1ccc(C(=O)c2cc(N)c(Cl)c(Cl)c2)cc1. The molecule has 2 N–H and O–H groups in total. The predicted molar refractivity (Wildman–Crippen MR) is 85.2 cm³/mol. The third-order valence-electron chi connectivity index (χ3n) is 3.01. The van der Waals surface area contributed by atoms with Crippen molar-refractivity contribution in [2.45, 2.75) is 0 Å². The first-order valence-corrected chi connectivity index (χ1v) is 6.77. The number of carbonyl (C=O) groups excluding carboxylic acids is 2. The van der Waals surface area contributed by atoms with E-state index in [1.165, 1.54) is 17.0 Å². The largest absolute Gasteiger partial charge is 0.397 e. The summed E-state index contributed by atoms with van der Waals surface area (Å²) >= 11 is 11.8. The summed E-state index contributed by atoms with van der Waals surface area (Å²) < 4.78 is 0. The molecule has 6 heteroatoms. The Morgan fingerprint density at radius 1 is 1.14 bits per heavy atom. The number of hydrogen-bond donors (Lipinski definition) is 1. The summed E-state index contributed by atoms with van der Waals surface area (Å²) in [4.78, 5) is 24.5. The van der Waals surface area contributed by atoms with Crippen LogP contribution in [0.2, 0.25) is 10.0 Å². The summed E-state index contributed by atoms with van der Waals surface area (Å²) in [6.45, 7) is 0. The molecule has 0 aliphatic carbocycles. The summed E-state index contributed by atoms with van der Waals surface area (Å²) in [6, 6.07) is 9.60. The van der Waals surface area contributed by atoms with Crippen LogP contribution < -0.4 is 10.6 Å². The van der Waals surface area contributed by atoms with Crippen molar-refractivity contribution in [1.82, 2.24) is 0 Å². The van der Waals surface area contributed by atoms with Crippen molar-refractivity contribution in [2.75, 3.05) is 17.7 Å². The van der Waals surface area contributed by atoms with Crippen LogP contribution in [0.5, 0.6) is 0 Å². The van der Waals surface area contributed by atoms with Crippen LogP contribution >= 0.6 is 23.2 Å². The van der Waals surface area contributed by atoms with Crippen molar-refractivity contribution in [3.8, 4) is 0 Å². The zero-order valence-electron chi connectivity index (χ0n) is 11.1. The highest BCUT2D eigenvalue weighted by Crippen LogP contribution is 2.30. The fourth-order valence-electron chi connectivity index (χ4n) is 1.82. The molecular formula is C15H12Cl2N2O2. The number of halogens is 2. The van der Waals surface area contributed by atoms with Gasteiger partial charge in [0, 0.05) is 23.9 Å². The Morgan fingerprint density at radius 2 is 1.76 bits per heavy atom. The molecule has 0 unspecified atom stereocenters. The minimum absolute atomic E-state index is 0.222. The number of benzene rings is 2. The van der Waals surface area contributed by atoms with Gasteiger partial charge in [0.25, 0.3) is 0 Å². The van der Waals surface area contributed by atoms with Gasteiger partial charge < -0.3 is 10.6 Å². The standard InChI is InChI=1S/C15H12Cl2N2O2/c1-19(8-20)11-4-2-9(3-5-11)15(21)10-6-12(16)14(17)13(18)7-10/h2-8H,18H2,1H3. The number of anilines is 2. The zero-order chi connectivity index (χ0) is 15.6. The second-order valence-corrected chi connectivity index (χ2v) is 5.24. The molecule has 108 valence electrons. The molecule has 2 aromatic rings. The Morgan fingerprint density at radius 3 is 2.29 bits per heavy atom. The topological polar surface area (TPSA) is 63.4 Å². The van der Waals surface area contributed by atoms with Crippen LogP contribution in [-0.4, -0.2) is 19.2 Å². The van der Waals surface area contributed by atoms with Crippen molar-refractivity contribution < 1.29 is 9.59 Å². The van der Waals surface area contributed by atoms with Crippen molar-refractivity contribution in [3.63, 3.8) is 0 Å². The monoisotopic (exact) mass is 322 g/mol. The van der Waals surface area contributed by atoms with Gasteiger partial charge in [0.15, 0.2) is 5.78 Å². The van der Waals surface area contributed by atoms with E-state index in [-0.39, 0.29) is 21.5 Å². The Labute approximate surface area is 132 Å². The van der Waals surface area contributed by atoms with Crippen LogP contribution in [0.15, 0.2) is 36.4 Å². The van der Waals surface area contributed by atoms with Crippen LogP contribution in [0.1, 0.15) is 15.9 Å². The van der Waals surface area contributed by atoms with Gasteiger partial charge in [-0.1, -0.05) is 23.2 Å². The summed E-state index contributed by atoms with van der Waals surface area (Å²) in [5.74, 6) is -0.222. The van der Waals surface area contributed by atoms with Gasteiger partial charge >= 0.3 is 0 Å². The Kier molecular flexibility index (Phi) is 4.50. The Balaban J connectivity index is 2.34. The highest BCUT2D eigenvalue weighted by molar-refractivity contribution is 6.44. The minimum Gasteiger partial charge on any atom is -0.397 e. The lowest BCUT2D eigenvalue weighted by molar-refractivity contribution is -0.107. The van der Waals surface area contributed by atoms with Gasteiger partial charge in [-0.05, 0) is 36.4 Å². The fourth-order valence-corrected chi connectivity index (χ4v) is 2.15. The molecule has 4 nitrogen and oxygen atoms in total. The number of carbonyl (C=O) groups is 2. The molecule has 0 bridgehead atoms. The first-order chi connectivity index (χ1) is 9.93. The molecule has 0 spiro atoms. The second kappa shape index (κ2) is 6.16. The molecule has 0 heterocycles. The number of amides is 1. The highest BCUT2D eigenvalue weighted by Gasteiger charge is 2.13. The van der Waals surface area contributed by atoms with Crippen LogP contribution in [0.4, 0.5) is 11.4 Å². The summed E-state index contributed by atoms with van der Waals surface area (Å²) in [6.07, 6.45) is 0.691. The molecule has 0 fully saturated rings. The molecule has 2 aromatic carbocycles. The third-order valence-corrected chi connectivity index (χ3v) is 3.83. The number of ketones is 1.